The topological polar surface area (TPSA) is 165 Å². The molecular weight excluding hydrogens is 590 g/mol. The smallest absolute Gasteiger partial charge is 0.437 e. The third-order valence-corrected chi connectivity index (χ3v) is 7.18. The van der Waals surface area contributed by atoms with Crippen LogP contribution in [0.3, 0.4) is 0 Å². The highest BCUT2D eigenvalue weighted by Gasteiger charge is 2.39. The maximum absolute atomic E-state index is 12.8. The number of aliphatic imine (C=N–C) groups is 1. The van der Waals surface area contributed by atoms with Crippen molar-refractivity contribution in [3.63, 3.8) is 0 Å². The normalized spacial score (nSPS) is 15.7. The number of hydrogen-bond acceptors (Lipinski definition) is 9. The molecule has 1 unspecified atom stereocenters. The van der Waals surface area contributed by atoms with Gasteiger partial charge in [-0.3, -0.25) is 4.98 Å². The molecular formula is C32H39N9O5. The summed E-state index contributed by atoms with van der Waals surface area (Å²) < 4.78 is 12.8. The molecule has 1 N–H and O–H groups in total. The van der Waals surface area contributed by atoms with E-state index in [4.69, 9.17) is 9.26 Å². The van der Waals surface area contributed by atoms with Crippen molar-refractivity contribution in [3.8, 4) is 22.8 Å². The minimum atomic E-state index is -1.22. The lowest BCUT2D eigenvalue weighted by Crippen LogP contribution is -2.56. The van der Waals surface area contributed by atoms with Crippen molar-refractivity contribution in [1.29, 1.82) is 0 Å². The van der Waals surface area contributed by atoms with E-state index in [9.17, 15) is 14.7 Å². The zero-order valence-corrected chi connectivity index (χ0v) is 26.9. The number of nitrogens with zero attached hydrogens (tertiary/aromatic N) is 9. The zero-order valence-electron chi connectivity index (χ0n) is 26.9. The summed E-state index contributed by atoms with van der Waals surface area (Å²) in [6.07, 6.45) is 3.34. The molecule has 2 amide bonds. The third-order valence-electron chi connectivity index (χ3n) is 7.18. The van der Waals surface area contributed by atoms with Crippen LogP contribution in [0.1, 0.15) is 65.8 Å². The van der Waals surface area contributed by atoms with Gasteiger partial charge < -0.3 is 19.3 Å². The number of benzene rings is 1. The molecule has 5 rings (SSSR count). The Morgan fingerprint density at radius 2 is 1.85 bits per heavy atom. The molecule has 14 heteroatoms. The molecule has 0 aliphatic carbocycles. The fourth-order valence-electron chi connectivity index (χ4n) is 5.20. The van der Waals surface area contributed by atoms with Gasteiger partial charge in [-0.1, -0.05) is 40.7 Å². The van der Waals surface area contributed by atoms with Crippen molar-refractivity contribution in [2.45, 2.75) is 84.5 Å². The standard InChI is InChI=1S/C32H39N9O5/c1-31(2,3)41(30(43)44)28(35-29(42)45-32(4,5)6)40-17-9-10-23(40)18-26-34-27(37-46-26)22-14-12-21(13-15-22)19-39-20-25(36-38-39)24-11-7-8-16-33-24/h7-8,11-16,20,23H,9-10,17-19H2,1-6H3,(H,43,44). The van der Waals surface area contributed by atoms with Gasteiger partial charge in [-0.25, -0.2) is 19.2 Å². The van der Waals surface area contributed by atoms with Crippen LogP contribution < -0.4 is 0 Å². The second-order valence-corrected chi connectivity index (χ2v) is 13.1. The number of guanidine groups is 1. The summed E-state index contributed by atoms with van der Waals surface area (Å²) in [4.78, 5) is 41.3. The maximum Gasteiger partial charge on any atom is 0.437 e. The maximum atomic E-state index is 12.8. The van der Waals surface area contributed by atoms with Gasteiger partial charge in [0, 0.05) is 36.3 Å². The molecule has 46 heavy (non-hydrogen) atoms. The van der Waals surface area contributed by atoms with E-state index >= 15 is 0 Å². The molecule has 0 saturated carbocycles. The first kappa shape index (κ1) is 32.3. The number of amides is 2. The molecule has 1 saturated heterocycles. The lowest BCUT2D eigenvalue weighted by atomic mass is 10.1. The number of carbonyl (C=O) groups excluding carboxylic acids is 1. The predicted molar refractivity (Wildman–Crippen MR) is 169 cm³/mol. The van der Waals surface area contributed by atoms with E-state index in [1.54, 1.807) is 52.4 Å². The Balaban J connectivity index is 1.29. The van der Waals surface area contributed by atoms with Crippen LogP contribution in [0.2, 0.25) is 0 Å². The molecule has 1 aliphatic rings. The molecule has 4 aromatic rings. The van der Waals surface area contributed by atoms with Gasteiger partial charge in [0.1, 0.15) is 11.3 Å². The summed E-state index contributed by atoms with van der Waals surface area (Å²) in [5.74, 6) is 0.857. The molecule has 0 radical (unpaired) electrons. The number of pyridine rings is 1. The average molecular weight is 630 g/mol. The number of likely N-dealkylation sites (tertiary alicyclic amines) is 1. The van der Waals surface area contributed by atoms with Crippen LogP contribution in [-0.2, 0) is 17.7 Å². The second kappa shape index (κ2) is 13.1. The van der Waals surface area contributed by atoms with Gasteiger partial charge in [-0.05, 0) is 72.1 Å². The minimum absolute atomic E-state index is 0.0200. The first-order chi connectivity index (χ1) is 21.8. The number of aromatic nitrogens is 6. The highest BCUT2D eigenvalue weighted by Crippen LogP contribution is 2.27. The van der Waals surface area contributed by atoms with Gasteiger partial charge >= 0.3 is 12.2 Å². The molecule has 1 aromatic carbocycles. The summed E-state index contributed by atoms with van der Waals surface area (Å²) in [5, 5.41) is 22.8. The summed E-state index contributed by atoms with van der Waals surface area (Å²) in [7, 11) is 0. The molecule has 1 aliphatic heterocycles. The van der Waals surface area contributed by atoms with Crippen LogP contribution in [0.25, 0.3) is 22.8 Å². The Morgan fingerprint density at radius 3 is 2.50 bits per heavy atom. The number of carboxylic acid groups (broad SMARTS) is 1. The van der Waals surface area contributed by atoms with E-state index in [2.05, 4.69) is 30.4 Å². The van der Waals surface area contributed by atoms with Crippen molar-refractivity contribution < 1.29 is 24.0 Å². The Kier molecular flexibility index (Phi) is 9.17. The van der Waals surface area contributed by atoms with Crippen LogP contribution in [0.15, 0.2) is 64.4 Å². The highest BCUT2D eigenvalue weighted by atomic mass is 16.6. The number of rotatable bonds is 6. The van der Waals surface area contributed by atoms with Gasteiger partial charge in [0.25, 0.3) is 0 Å². The Hall–Kier alpha value is -5.14. The van der Waals surface area contributed by atoms with Gasteiger partial charge in [0.2, 0.25) is 17.7 Å². The predicted octanol–water partition coefficient (Wildman–Crippen LogP) is 5.51. The van der Waals surface area contributed by atoms with E-state index < -0.39 is 23.3 Å². The van der Waals surface area contributed by atoms with E-state index in [1.165, 1.54) is 0 Å². The number of carbonyl (C=O) groups is 2. The van der Waals surface area contributed by atoms with Gasteiger partial charge in [-0.15, -0.1) is 10.1 Å². The average Bonchev–Trinajstić information content (AvgIpc) is 3.74. The fourth-order valence-corrected chi connectivity index (χ4v) is 5.20. The molecule has 3 aromatic heterocycles. The molecule has 1 fully saturated rings. The van der Waals surface area contributed by atoms with E-state index in [0.717, 1.165) is 34.6 Å². The van der Waals surface area contributed by atoms with Crippen LogP contribution in [0.4, 0.5) is 9.59 Å². The van der Waals surface area contributed by atoms with Gasteiger partial charge in [0.05, 0.1) is 18.4 Å². The van der Waals surface area contributed by atoms with E-state index in [-0.39, 0.29) is 12.0 Å². The van der Waals surface area contributed by atoms with Crippen molar-refractivity contribution in [2.75, 3.05) is 6.54 Å². The second-order valence-electron chi connectivity index (χ2n) is 13.1. The van der Waals surface area contributed by atoms with Crippen LogP contribution in [0, 0.1) is 0 Å². The van der Waals surface area contributed by atoms with Crippen LogP contribution in [0.5, 0.6) is 0 Å². The van der Waals surface area contributed by atoms with Crippen molar-refractivity contribution >= 4 is 18.1 Å². The molecule has 1 atom stereocenters. The third kappa shape index (κ3) is 7.92. The van der Waals surface area contributed by atoms with E-state index in [1.807, 2.05) is 53.6 Å². The van der Waals surface area contributed by atoms with E-state index in [0.29, 0.717) is 36.9 Å². The van der Waals surface area contributed by atoms with Crippen LogP contribution >= 0.6 is 0 Å². The number of hydrogen-bond donors (Lipinski definition) is 1. The fraction of sp³-hybridized carbons (Fsp3) is 0.438. The summed E-state index contributed by atoms with van der Waals surface area (Å²) in [6, 6.07) is 13.2. The molecule has 14 nitrogen and oxygen atoms in total. The van der Waals surface area contributed by atoms with Crippen molar-refractivity contribution in [1.82, 2.24) is 39.9 Å². The molecule has 0 spiro atoms. The van der Waals surface area contributed by atoms with Crippen molar-refractivity contribution in [3.05, 3.63) is 66.3 Å². The molecule has 0 bridgehead atoms. The zero-order chi connectivity index (χ0) is 33.1. The Labute approximate surface area is 267 Å². The van der Waals surface area contributed by atoms with Gasteiger partial charge in [-0.2, -0.15) is 4.98 Å². The van der Waals surface area contributed by atoms with Crippen molar-refractivity contribution in [2.24, 2.45) is 4.99 Å². The minimum Gasteiger partial charge on any atom is -0.465 e. The monoisotopic (exact) mass is 629 g/mol. The summed E-state index contributed by atoms with van der Waals surface area (Å²) in [5.41, 5.74) is 1.60. The van der Waals surface area contributed by atoms with Gasteiger partial charge in [0.15, 0.2) is 0 Å². The number of ether oxygens (including phenoxy) is 1. The molecule has 242 valence electrons. The largest absolute Gasteiger partial charge is 0.465 e. The Bertz CT molecular complexity index is 1680. The summed E-state index contributed by atoms with van der Waals surface area (Å²) in [6.45, 7) is 11.5. The SMILES string of the molecule is CC(C)(C)OC(=O)N=C(N1CCCC1Cc1nc(-c2ccc(Cn3cc(-c4ccccn4)nn3)cc2)no1)N(C(=O)O)C(C)(C)C. The molecule has 4 heterocycles. The lowest BCUT2D eigenvalue weighted by molar-refractivity contribution is 0.0595. The highest BCUT2D eigenvalue weighted by molar-refractivity contribution is 5.99. The van der Waals surface area contributed by atoms with Crippen LogP contribution in [-0.4, -0.2) is 86.9 Å². The first-order valence-electron chi connectivity index (χ1n) is 15.1. The summed E-state index contributed by atoms with van der Waals surface area (Å²) >= 11 is 0. The lowest BCUT2D eigenvalue weighted by Gasteiger charge is -2.39. The first-order valence-corrected chi connectivity index (χ1v) is 15.1. The quantitative estimate of drug-likeness (QED) is 0.211. The Morgan fingerprint density at radius 1 is 1.09 bits per heavy atom.